The SMILES string of the molecule is CC(=O)NCCN(C(=O)c1cc2ccccc2oc1=O)C(C)C(=O)O. The zero-order valence-electron chi connectivity index (χ0n) is 13.8. The topological polar surface area (TPSA) is 117 Å². The van der Waals surface area contributed by atoms with Gasteiger partial charge in [-0.2, -0.15) is 0 Å². The van der Waals surface area contributed by atoms with Crippen LogP contribution in [0.1, 0.15) is 24.2 Å². The number of para-hydroxylation sites is 1. The molecule has 1 atom stereocenters. The fraction of sp³-hybridized carbons (Fsp3) is 0.294. The summed E-state index contributed by atoms with van der Waals surface area (Å²) in [6, 6.07) is 6.90. The van der Waals surface area contributed by atoms with E-state index in [1.54, 1.807) is 24.3 Å². The highest BCUT2D eigenvalue weighted by Gasteiger charge is 2.28. The lowest BCUT2D eigenvalue weighted by Crippen LogP contribution is -2.47. The van der Waals surface area contributed by atoms with E-state index in [4.69, 9.17) is 4.42 Å². The Morgan fingerprint density at radius 2 is 1.96 bits per heavy atom. The molecule has 1 heterocycles. The minimum Gasteiger partial charge on any atom is -0.480 e. The molecular formula is C17H18N2O6. The number of aliphatic carboxylic acids is 1. The Hall–Kier alpha value is -3.16. The van der Waals surface area contributed by atoms with Crippen molar-refractivity contribution in [3.05, 3.63) is 46.3 Å². The van der Waals surface area contributed by atoms with Crippen LogP contribution in [0.25, 0.3) is 11.0 Å². The molecule has 0 spiro atoms. The molecule has 0 aliphatic rings. The molecule has 1 unspecified atom stereocenters. The lowest BCUT2D eigenvalue weighted by atomic mass is 10.1. The van der Waals surface area contributed by atoms with Gasteiger partial charge in [0, 0.05) is 25.4 Å². The summed E-state index contributed by atoms with van der Waals surface area (Å²) in [7, 11) is 0. The van der Waals surface area contributed by atoms with Crippen molar-refractivity contribution in [2.24, 2.45) is 0 Å². The van der Waals surface area contributed by atoms with Gasteiger partial charge in [0.05, 0.1) is 0 Å². The van der Waals surface area contributed by atoms with Crippen molar-refractivity contribution >= 4 is 28.8 Å². The minimum absolute atomic E-state index is 0.0574. The number of carbonyl (C=O) groups is 3. The quantitative estimate of drug-likeness (QED) is 0.749. The van der Waals surface area contributed by atoms with E-state index >= 15 is 0 Å². The molecule has 0 aliphatic heterocycles. The van der Waals surface area contributed by atoms with Crippen molar-refractivity contribution in [1.29, 1.82) is 0 Å². The average Bonchev–Trinajstić information content (AvgIpc) is 2.56. The number of hydrogen-bond acceptors (Lipinski definition) is 5. The summed E-state index contributed by atoms with van der Waals surface area (Å²) in [4.78, 5) is 48.1. The van der Waals surface area contributed by atoms with Crippen LogP contribution in [-0.4, -0.2) is 46.9 Å². The number of benzene rings is 1. The maximum absolute atomic E-state index is 12.7. The summed E-state index contributed by atoms with van der Waals surface area (Å²) in [5.41, 5.74) is -0.763. The number of carboxylic acid groups (broad SMARTS) is 1. The van der Waals surface area contributed by atoms with Crippen molar-refractivity contribution in [2.45, 2.75) is 19.9 Å². The molecule has 1 aromatic carbocycles. The molecule has 0 radical (unpaired) electrons. The summed E-state index contributed by atoms with van der Waals surface area (Å²) in [6.45, 7) is 2.65. The Balaban J connectivity index is 2.37. The van der Waals surface area contributed by atoms with Crippen LogP contribution >= 0.6 is 0 Å². The normalized spacial score (nSPS) is 11.8. The smallest absolute Gasteiger partial charge is 0.349 e. The first-order valence-electron chi connectivity index (χ1n) is 7.62. The van der Waals surface area contributed by atoms with Gasteiger partial charge in [-0.3, -0.25) is 9.59 Å². The second-order valence-corrected chi connectivity index (χ2v) is 5.48. The second-order valence-electron chi connectivity index (χ2n) is 5.48. The van der Waals surface area contributed by atoms with Gasteiger partial charge in [-0.25, -0.2) is 9.59 Å². The summed E-state index contributed by atoms with van der Waals surface area (Å²) >= 11 is 0. The molecule has 8 nitrogen and oxygen atoms in total. The molecule has 0 fully saturated rings. The number of carboxylic acids is 1. The van der Waals surface area contributed by atoms with Crippen LogP contribution in [0.4, 0.5) is 0 Å². The number of amides is 2. The monoisotopic (exact) mass is 346 g/mol. The van der Waals surface area contributed by atoms with E-state index in [2.05, 4.69) is 5.32 Å². The fourth-order valence-corrected chi connectivity index (χ4v) is 2.32. The largest absolute Gasteiger partial charge is 0.480 e. The van der Waals surface area contributed by atoms with Crippen molar-refractivity contribution in [1.82, 2.24) is 10.2 Å². The standard InChI is InChI=1S/C17H18N2O6/c1-10(16(22)23)19(8-7-18-11(2)20)15(21)13-9-12-5-3-4-6-14(12)25-17(13)24/h3-6,9-10H,7-8H2,1-2H3,(H,18,20)(H,22,23). The molecule has 0 bridgehead atoms. The van der Waals surface area contributed by atoms with Crippen LogP contribution in [0.3, 0.4) is 0 Å². The fourth-order valence-electron chi connectivity index (χ4n) is 2.32. The summed E-state index contributed by atoms with van der Waals surface area (Å²) in [5, 5.41) is 12.3. The van der Waals surface area contributed by atoms with Gasteiger partial charge in [0.2, 0.25) is 5.91 Å². The predicted octanol–water partition coefficient (Wildman–Crippen LogP) is 0.844. The Morgan fingerprint density at radius 1 is 1.28 bits per heavy atom. The Morgan fingerprint density at radius 3 is 2.60 bits per heavy atom. The third kappa shape index (κ3) is 4.23. The second kappa shape index (κ2) is 7.61. The Labute approximate surface area is 143 Å². The predicted molar refractivity (Wildman–Crippen MR) is 89.3 cm³/mol. The van der Waals surface area contributed by atoms with E-state index in [0.29, 0.717) is 11.0 Å². The van der Waals surface area contributed by atoms with Crippen LogP contribution < -0.4 is 10.9 Å². The molecule has 132 valence electrons. The summed E-state index contributed by atoms with van der Waals surface area (Å²) in [6.07, 6.45) is 0. The highest BCUT2D eigenvalue weighted by Crippen LogP contribution is 2.14. The molecule has 0 saturated carbocycles. The molecular weight excluding hydrogens is 328 g/mol. The van der Waals surface area contributed by atoms with Crippen LogP contribution in [0, 0.1) is 0 Å². The van der Waals surface area contributed by atoms with Crippen molar-refractivity contribution < 1.29 is 23.9 Å². The highest BCUT2D eigenvalue weighted by atomic mass is 16.4. The average molecular weight is 346 g/mol. The van der Waals surface area contributed by atoms with Gasteiger partial charge < -0.3 is 19.7 Å². The molecule has 2 amide bonds. The number of fused-ring (bicyclic) bond motifs is 1. The van der Waals surface area contributed by atoms with E-state index in [0.717, 1.165) is 4.90 Å². The number of rotatable bonds is 6. The van der Waals surface area contributed by atoms with Gasteiger partial charge in [0.1, 0.15) is 17.2 Å². The van der Waals surface area contributed by atoms with Crippen molar-refractivity contribution in [3.63, 3.8) is 0 Å². The third-order valence-corrected chi connectivity index (χ3v) is 3.68. The molecule has 1 aromatic heterocycles. The molecule has 8 heteroatoms. The molecule has 2 N–H and O–H groups in total. The van der Waals surface area contributed by atoms with E-state index < -0.39 is 23.5 Å². The van der Waals surface area contributed by atoms with E-state index in [9.17, 15) is 24.3 Å². The molecule has 0 saturated heterocycles. The van der Waals surface area contributed by atoms with Gasteiger partial charge in [-0.05, 0) is 19.1 Å². The van der Waals surface area contributed by atoms with Gasteiger partial charge in [-0.15, -0.1) is 0 Å². The lowest BCUT2D eigenvalue weighted by Gasteiger charge is -2.26. The zero-order valence-corrected chi connectivity index (χ0v) is 13.8. The van der Waals surface area contributed by atoms with Gasteiger partial charge >= 0.3 is 11.6 Å². The first kappa shape index (κ1) is 18.2. The molecule has 25 heavy (non-hydrogen) atoms. The number of nitrogens with one attached hydrogen (secondary N) is 1. The molecule has 2 rings (SSSR count). The first-order valence-corrected chi connectivity index (χ1v) is 7.62. The highest BCUT2D eigenvalue weighted by molar-refractivity contribution is 5.98. The third-order valence-electron chi connectivity index (χ3n) is 3.68. The van der Waals surface area contributed by atoms with E-state index in [1.165, 1.54) is 19.9 Å². The Bertz CT molecular complexity index is 873. The lowest BCUT2D eigenvalue weighted by molar-refractivity contribution is -0.141. The maximum atomic E-state index is 12.7. The minimum atomic E-state index is -1.22. The number of nitrogens with zero attached hydrogens (tertiary/aromatic N) is 1. The van der Waals surface area contributed by atoms with E-state index in [-0.39, 0.29) is 24.6 Å². The van der Waals surface area contributed by atoms with Crippen LogP contribution in [-0.2, 0) is 9.59 Å². The van der Waals surface area contributed by atoms with Crippen molar-refractivity contribution in [2.75, 3.05) is 13.1 Å². The van der Waals surface area contributed by atoms with Crippen LogP contribution in [0.5, 0.6) is 0 Å². The first-order chi connectivity index (χ1) is 11.8. The van der Waals surface area contributed by atoms with E-state index in [1.807, 2.05) is 0 Å². The zero-order chi connectivity index (χ0) is 18.6. The number of carbonyl (C=O) groups excluding carboxylic acids is 2. The van der Waals surface area contributed by atoms with Crippen LogP contribution in [0.15, 0.2) is 39.5 Å². The Kier molecular flexibility index (Phi) is 5.53. The molecule has 2 aromatic rings. The molecule has 0 aliphatic carbocycles. The number of hydrogen-bond donors (Lipinski definition) is 2. The van der Waals surface area contributed by atoms with Gasteiger partial charge in [-0.1, -0.05) is 18.2 Å². The summed E-state index contributed by atoms with van der Waals surface area (Å²) in [5.74, 6) is -2.29. The van der Waals surface area contributed by atoms with Gasteiger partial charge in [0.25, 0.3) is 5.91 Å². The summed E-state index contributed by atoms with van der Waals surface area (Å²) < 4.78 is 5.13. The van der Waals surface area contributed by atoms with Gasteiger partial charge in [0.15, 0.2) is 0 Å². The maximum Gasteiger partial charge on any atom is 0.349 e. The van der Waals surface area contributed by atoms with Crippen LogP contribution in [0.2, 0.25) is 0 Å². The van der Waals surface area contributed by atoms with Crippen molar-refractivity contribution in [3.8, 4) is 0 Å².